The molecule has 1 aromatic heterocycles. The van der Waals surface area contributed by atoms with Crippen molar-refractivity contribution >= 4 is 22.6 Å². The molecule has 0 unspecified atom stereocenters. The fourth-order valence-corrected chi connectivity index (χ4v) is 4.41. The number of benzene rings is 2. The average Bonchev–Trinajstić information content (AvgIpc) is 2.97. The van der Waals surface area contributed by atoms with E-state index in [4.69, 9.17) is 0 Å². The van der Waals surface area contributed by atoms with Crippen LogP contribution in [0.2, 0.25) is 0 Å². The fraction of sp³-hybridized carbons (Fsp3) is 0.318. The topological polar surface area (TPSA) is 45.5 Å². The van der Waals surface area contributed by atoms with E-state index in [1.165, 1.54) is 12.1 Å². The van der Waals surface area contributed by atoms with Crippen LogP contribution in [0, 0.1) is 13.8 Å². The lowest BCUT2D eigenvalue weighted by Gasteiger charge is -2.31. The second-order valence-corrected chi connectivity index (χ2v) is 7.44. The summed E-state index contributed by atoms with van der Waals surface area (Å²) in [5.74, 6) is -0.908. The number of nitrogens with zero attached hydrogens (tertiary/aromatic N) is 2. The van der Waals surface area contributed by atoms with Gasteiger partial charge < -0.3 is 14.6 Å². The van der Waals surface area contributed by atoms with Crippen molar-refractivity contribution in [1.82, 2.24) is 4.57 Å². The van der Waals surface area contributed by atoms with Crippen molar-refractivity contribution in [1.29, 1.82) is 0 Å². The quantitative estimate of drug-likeness (QED) is 0.693. The van der Waals surface area contributed by atoms with Crippen LogP contribution in [0.25, 0.3) is 22.0 Å². The van der Waals surface area contributed by atoms with E-state index in [2.05, 4.69) is 15.5 Å². The lowest BCUT2D eigenvalue weighted by molar-refractivity contribution is -0.136. The van der Waals surface area contributed by atoms with Gasteiger partial charge in [0.25, 0.3) is 6.43 Å². The van der Waals surface area contributed by atoms with E-state index in [9.17, 15) is 18.7 Å². The molecule has 146 valence electrons. The molecule has 0 saturated heterocycles. The molecular weight excluding hydrogens is 362 g/mol. The monoisotopic (exact) mass is 384 g/mol. The van der Waals surface area contributed by atoms with Crippen molar-refractivity contribution in [3.05, 3.63) is 52.7 Å². The molecule has 0 radical (unpaired) electrons. The van der Waals surface area contributed by atoms with E-state index in [-0.39, 0.29) is 12.0 Å². The minimum atomic E-state index is -2.53. The Kier molecular flexibility index (Phi) is 4.37. The number of carboxylic acids is 1. The fourth-order valence-electron chi connectivity index (χ4n) is 4.41. The molecule has 1 aliphatic heterocycles. The number of likely N-dealkylation sites (N-methyl/N-ethyl adjacent to an activating group) is 1. The van der Waals surface area contributed by atoms with Crippen LogP contribution in [0.5, 0.6) is 0 Å². The highest BCUT2D eigenvalue weighted by Crippen LogP contribution is 2.44. The minimum Gasteiger partial charge on any atom is -0.481 e. The zero-order chi connectivity index (χ0) is 20.2. The molecule has 0 atom stereocenters. The van der Waals surface area contributed by atoms with Crippen molar-refractivity contribution < 1.29 is 18.7 Å². The number of alkyl halides is 2. The summed E-state index contributed by atoms with van der Waals surface area (Å²) in [4.78, 5) is 13.8. The molecule has 3 aromatic rings. The number of halogens is 2. The predicted octanol–water partition coefficient (Wildman–Crippen LogP) is 4.94. The Morgan fingerprint density at radius 3 is 2.46 bits per heavy atom. The van der Waals surface area contributed by atoms with Crippen molar-refractivity contribution in [3.63, 3.8) is 0 Å². The zero-order valence-corrected chi connectivity index (χ0v) is 16.1. The first-order chi connectivity index (χ1) is 13.3. The SMILES string of the molecule is Cc1c(CC(=O)O)c(-c2ccc(C(F)F)cc2)c2cc(C)n3c2c1N(C)CC3. The maximum absolute atomic E-state index is 13.0. The lowest BCUT2D eigenvalue weighted by Crippen LogP contribution is -2.29. The van der Waals surface area contributed by atoms with E-state index in [1.807, 2.05) is 20.9 Å². The summed E-state index contributed by atoms with van der Waals surface area (Å²) in [6, 6.07) is 8.26. The second kappa shape index (κ2) is 6.62. The van der Waals surface area contributed by atoms with E-state index < -0.39 is 12.4 Å². The number of anilines is 1. The Bertz CT molecular complexity index is 1080. The number of aliphatic carboxylic acids is 1. The Morgan fingerprint density at radius 1 is 1.18 bits per heavy atom. The van der Waals surface area contributed by atoms with Gasteiger partial charge in [-0.3, -0.25) is 4.79 Å². The number of aryl methyl sites for hydroxylation is 1. The molecule has 28 heavy (non-hydrogen) atoms. The number of hydrogen-bond donors (Lipinski definition) is 1. The zero-order valence-electron chi connectivity index (χ0n) is 16.1. The molecule has 0 spiro atoms. The summed E-state index contributed by atoms with van der Waals surface area (Å²) < 4.78 is 28.2. The number of carboxylic acid groups (broad SMARTS) is 1. The summed E-state index contributed by atoms with van der Waals surface area (Å²) in [6.07, 6.45) is -2.64. The van der Waals surface area contributed by atoms with Crippen LogP contribution < -0.4 is 4.90 Å². The third-order valence-corrected chi connectivity index (χ3v) is 5.73. The van der Waals surface area contributed by atoms with E-state index in [0.29, 0.717) is 0 Å². The first kappa shape index (κ1) is 18.5. The summed E-state index contributed by atoms with van der Waals surface area (Å²) >= 11 is 0. The van der Waals surface area contributed by atoms with Crippen molar-refractivity contribution in [3.8, 4) is 11.1 Å². The number of hydrogen-bond acceptors (Lipinski definition) is 2. The molecule has 0 fully saturated rings. The smallest absolute Gasteiger partial charge is 0.307 e. The maximum Gasteiger partial charge on any atom is 0.307 e. The lowest BCUT2D eigenvalue weighted by atomic mass is 9.88. The molecule has 2 aromatic carbocycles. The Labute approximate surface area is 162 Å². The Balaban J connectivity index is 2.08. The summed E-state index contributed by atoms with van der Waals surface area (Å²) in [7, 11) is 2.02. The molecule has 1 N–H and O–H groups in total. The van der Waals surface area contributed by atoms with Crippen molar-refractivity contribution in [2.75, 3.05) is 18.5 Å². The first-order valence-electron chi connectivity index (χ1n) is 9.26. The van der Waals surface area contributed by atoms with Gasteiger partial charge >= 0.3 is 5.97 Å². The van der Waals surface area contributed by atoms with Gasteiger partial charge in [-0.2, -0.15) is 0 Å². The van der Waals surface area contributed by atoms with Crippen LogP contribution in [0.3, 0.4) is 0 Å². The van der Waals surface area contributed by atoms with Gasteiger partial charge in [0.15, 0.2) is 0 Å². The molecular formula is C22H22F2N2O2. The third-order valence-electron chi connectivity index (χ3n) is 5.73. The summed E-state index contributed by atoms with van der Waals surface area (Å²) in [6.45, 7) is 5.72. The summed E-state index contributed by atoms with van der Waals surface area (Å²) in [5.41, 5.74) is 6.49. The highest BCUT2D eigenvalue weighted by molar-refractivity contribution is 6.07. The third kappa shape index (κ3) is 2.75. The standard InChI is InChI=1S/C22H22F2N2O2/c1-12-10-17-19(14-4-6-15(7-5-14)22(23)24)16(11-18(27)28)13(2)20-21(17)26(12)9-8-25(20)3/h4-7,10,22H,8-9,11H2,1-3H3,(H,27,28). The molecule has 1 aliphatic rings. The van der Waals surface area contributed by atoms with Crippen LogP contribution in [-0.4, -0.2) is 29.2 Å². The predicted molar refractivity (Wildman–Crippen MR) is 106 cm³/mol. The highest BCUT2D eigenvalue weighted by atomic mass is 19.3. The van der Waals surface area contributed by atoms with E-state index in [1.54, 1.807) is 12.1 Å². The number of rotatable bonds is 4. The van der Waals surface area contributed by atoms with Crippen LogP contribution in [0.1, 0.15) is 28.8 Å². The van der Waals surface area contributed by atoms with Crippen molar-refractivity contribution in [2.24, 2.45) is 0 Å². The molecule has 4 nitrogen and oxygen atoms in total. The molecule has 6 heteroatoms. The van der Waals surface area contributed by atoms with Crippen LogP contribution in [0.4, 0.5) is 14.5 Å². The van der Waals surface area contributed by atoms with Crippen LogP contribution >= 0.6 is 0 Å². The van der Waals surface area contributed by atoms with Gasteiger partial charge in [0.1, 0.15) is 0 Å². The van der Waals surface area contributed by atoms with Crippen LogP contribution in [-0.2, 0) is 17.8 Å². The molecule has 0 aliphatic carbocycles. The van der Waals surface area contributed by atoms with E-state index in [0.717, 1.165) is 57.6 Å². The van der Waals surface area contributed by atoms with Gasteiger partial charge in [-0.25, -0.2) is 8.78 Å². The van der Waals surface area contributed by atoms with E-state index >= 15 is 0 Å². The Hall–Kier alpha value is -2.89. The minimum absolute atomic E-state index is 0.0391. The van der Waals surface area contributed by atoms with Crippen LogP contribution in [0.15, 0.2) is 30.3 Å². The second-order valence-electron chi connectivity index (χ2n) is 7.44. The highest BCUT2D eigenvalue weighted by Gasteiger charge is 2.27. The summed E-state index contributed by atoms with van der Waals surface area (Å²) in [5, 5.41) is 10.5. The first-order valence-corrected chi connectivity index (χ1v) is 9.26. The normalized spacial score (nSPS) is 13.6. The van der Waals surface area contributed by atoms with Crippen molar-refractivity contribution in [2.45, 2.75) is 33.2 Å². The Morgan fingerprint density at radius 2 is 1.86 bits per heavy atom. The number of aromatic nitrogens is 1. The van der Waals surface area contributed by atoms with Gasteiger partial charge in [0.05, 0.1) is 17.6 Å². The van der Waals surface area contributed by atoms with Gasteiger partial charge in [-0.05, 0) is 42.2 Å². The van der Waals surface area contributed by atoms with Gasteiger partial charge in [-0.15, -0.1) is 0 Å². The average molecular weight is 384 g/mol. The molecule has 4 rings (SSSR count). The maximum atomic E-state index is 13.0. The molecule has 0 amide bonds. The van der Waals surface area contributed by atoms with Gasteiger partial charge in [0, 0.05) is 36.8 Å². The van der Waals surface area contributed by atoms with Gasteiger partial charge in [-0.1, -0.05) is 24.3 Å². The molecule has 0 bridgehead atoms. The number of carbonyl (C=O) groups is 1. The van der Waals surface area contributed by atoms with Gasteiger partial charge in [0.2, 0.25) is 0 Å². The molecule has 2 heterocycles. The molecule has 0 saturated carbocycles. The largest absolute Gasteiger partial charge is 0.481 e.